The molecule has 2 N–H and O–H groups in total. The van der Waals surface area contributed by atoms with E-state index in [1.165, 1.54) is 0 Å². The molecule has 1 fully saturated rings. The van der Waals surface area contributed by atoms with Gasteiger partial charge in [-0.15, -0.1) is 0 Å². The molecular weight excluding hydrogens is 390 g/mol. The first-order valence-corrected chi connectivity index (χ1v) is 10.5. The van der Waals surface area contributed by atoms with Crippen LogP contribution in [0.1, 0.15) is 28.9 Å². The fraction of sp³-hybridized carbons (Fsp3) is 0.250. The van der Waals surface area contributed by atoms with E-state index in [-0.39, 0.29) is 12.0 Å². The molecule has 0 aliphatic carbocycles. The molecule has 0 spiro atoms. The van der Waals surface area contributed by atoms with E-state index < -0.39 is 0 Å². The maximum absolute atomic E-state index is 12.5. The fourth-order valence-electron chi connectivity index (χ4n) is 3.94. The highest BCUT2D eigenvalue weighted by molar-refractivity contribution is 5.95. The Morgan fingerprint density at radius 2 is 2.13 bits per heavy atom. The molecule has 1 aliphatic heterocycles. The van der Waals surface area contributed by atoms with E-state index >= 15 is 0 Å². The Kier molecular flexibility index (Phi) is 5.18. The molecule has 156 valence electrons. The van der Waals surface area contributed by atoms with E-state index in [4.69, 9.17) is 4.74 Å². The molecule has 31 heavy (non-hydrogen) atoms. The molecule has 1 atom stereocenters. The van der Waals surface area contributed by atoms with E-state index in [1.54, 1.807) is 12.5 Å². The first-order chi connectivity index (χ1) is 15.2. The van der Waals surface area contributed by atoms with Crippen molar-refractivity contribution in [3.8, 4) is 22.6 Å². The van der Waals surface area contributed by atoms with Crippen molar-refractivity contribution in [1.29, 1.82) is 0 Å². The topological polar surface area (TPSA) is 92.8 Å². The maximum Gasteiger partial charge on any atom is 0.339 e. The van der Waals surface area contributed by atoms with Gasteiger partial charge in [0.15, 0.2) is 0 Å². The molecule has 7 nitrogen and oxygen atoms in total. The van der Waals surface area contributed by atoms with Gasteiger partial charge in [0.05, 0.1) is 34.5 Å². The van der Waals surface area contributed by atoms with Crippen molar-refractivity contribution in [1.82, 2.24) is 25.3 Å². The number of nitrogens with one attached hydrogen (secondary N) is 2. The summed E-state index contributed by atoms with van der Waals surface area (Å²) in [4.78, 5) is 29.3. The Bertz CT molecular complexity index is 1240. The second-order valence-corrected chi connectivity index (χ2v) is 7.81. The number of hydrogen-bond acceptors (Lipinski definition) is 6. The Labute approximate surface area is 179 Å². The number of rotatable bonds is 5. The van der Waals surface area contributed by atoms with Gasteiger partial charge < -0.3 is 15.0 Å². The van der Waals surface area contributed by atoms with Crippen LogP contribution in [0.25, 0.3) is 33.5 Å². The van der Waals surface area contributed by atoms with Crippen LogP contribution in [0.2, 0.25) is 0 Å². The average Bonchev–Trinajstić information content (AvgIpc) is 3.49. The van der Waals surface area contributed by atoms with Gasteiger partial charge in [0.1, 0.15) is 6.61 Å². The van der Waals surface area contributed by atoms with Crippen LogP contribution in [0, 0.1) is 6.92 Å². The third kappa shape index (κ3) is 4.04. The second kappa shape index (κ2) is 8.28. The standard InChI is InChI=1S/C24H23N5O2/c1-15-4-2-6-21(29-15)23-22(27-14-28-23)16-7-8-20-17(10-16)11-18(12-26-20)24(30)31-13-19-5-3-9-25-19/h2,4,6-8,10-12,14,19,25H,3,5,9,13H2,1H3,(H,27,28)/t19-/m0/s1. The first-order valence-electron chi connectivity index (χ1n) is 10.5. The molecule has 4 aromatic rings. The average molecular weight is 413 g/mol. The number of aromatic nitrogens is 4. The highest BCUT2D eigenvalue weighted by atomic mass is 16.5. The summed E-state index contributed by atoms with van der Waals surface area (Å²) in [6.07, 6.45) is 5.40. The van der Waals surface area contributed by atoms with E-state index in [0.717, 1.165) is 58.6 Å². The predicted molar refractivity (Wildman–Crippen MR) is 119 cm³/mol. The van der Waals surface area contributed by atoms with Crippen LogP contribution in [0.4, 0.5) is 0 Å². The van der Waals surface area contributed by atoms with Crippen LogP contribution < -0.4 is 5.32 Å². The molecule has 4 heterocycles. The zero-order valence-corrected chi connectivity index (χ0v) is 17.3. The van der Waals surface area contributed by atoms with Gasteiger partial charge in [-0.1, -0.05) is 12.1 Å². The smallest absolute Gasteiger partial charge is 0.339 e. The fourth-order valence-corrected chi connectivity index (χ4v) is 3.94. The van der Waals surface area contributed by atoms with Crippen LogP contribution in [0.5, 0.6) is 0 Å². The molecule has 7 heteroatoms. The van der Waals surface area contributed by atoms with Gasteiger partial charge in [0, 0.05) is 28.9 Å². The number of nitrogens with zero attached hydrogens (tertiary/aromatic N) is 3. The zero-order chi connectivity index (χ0) is 21.2. The van der Waals surface area contributed by atoms with Crippen molar-refractivity contribution in [3.05, 3.63) is 66.2 Å². The van der Waals surface area contributed by atoms with Crippen LogP contribution >= 0.6 is 0 Å². The Morgan fingerprint density at radius 1 is 1.19 bits per heavy atom. The van der Waals surface area contributed by atoms with E-state index in [9.17, 15) is 4.79 Å². The molecule has 1 saturated heterocycles. The molecule has 1 aliphatic rings. The highest BCUT2D eigenvalue weighted by Crippen LogP contribution is 2.30. The Morgan fingerprint density at radius 3 is 2.97 bits per heavy atom. The largest absolute Gasteiger partial charge is 0.460 e. The van der Waals surface area contributed by atoms with Crippen LogP contribution in [-0.4, -0.2) is 45.1 Å². The summed E-state index contributed by atoms with van der Waals surface area (Å²) in [7, 11) is 0. The Balaban J connectivity index is 1.44. The number of pyridine rings is 2. The van der Waals surface area contributed by atoms with E-state index in [2.05, 4.69) is 25.3 Å². The summed E-state index contributed by atoms with van der Waals surface area (Å²) in [5, 5.41) is 4.19. The summed E-state index contributed by atoms with van der Waals surface area (Å²) in [6, 6.07) is 13.9. The number of fused-ring (bicyclic) bond motifs is 1. The number of benzene rings is 1. The van der Waals surface area contributed by atoms with Crippen molar-refractivity contribution < 1.29 is 9.53 Å². The molecular formula is C24H23N5O2. The molecule has 0 unspecified atom stereocenters. The van der Waals surface area contributed by atoms with Crippen LogP contribution in [-0.2, 0) is 4.74 Å². The maximum atomic E-state index is 12.5. The SMILES string of the molecule is Cc1cccc(-c2[nH]cnc2-c2ccc3ncc(C(=O)OC[C@@H]4CCCN4)cc3c2)n1. The van der Waals surface area contributed by atoms with Crippen molar-refractivity contribution in [3.63, 3.8) is 0 Å². The number of ether oxygens (including phenoxy) is 1. The van der Waals surface area contributed by atoms with Gasteiger partial charge in [-0.3, -0.25) is 9.97 Å². The predicted octanol–water partition coefficient (Wildman–Crippen LogP) is 3.90. The zero-order valence-electron chi connectivity index (χ0n) is 17.3. The third-order valence-electron chi connectivity index (χ3n) is 5.55. The highest BCUT2D eigenvalue weighted by Gasteiger charge is 2.18. The lowest BCUT2D eigenvalue weighted by Gasteiger charge is -2.11. The van der Waals surface area contributed by atoms with E-state index in [1.807, 2.05) is 49.4 Å². The number of carbonyl (C=O) groups is 1. The van der Waals surface area contributed by atoms with Crippen molar-refractivity contribution in [2.75, 3.05) is 13.2 Å². The molecule has 0 radical (unpaired) electrons. The minimum absolute atomic E-state index is 0.247. The van der Waals surface area contributed by atoms with Gasteiger partial charge in [-0.25, -0.2) is 9.78 Å². The summed E-state index contributed by atoms with van der Waals surface area (Å²) in [6.45, 7) is 3.33. The molecule has 3 aromatic heterocycles. The minimum Gasteiger partial charge on any atom is -0.460 e. The quantitative estimate of drug-likeness (QED) is 0.482. The number of aromatic amines is 1. The summed E-state index contributed by atoms with van der Waals surface area (Å²) < 4.78 is 5.48. The first kappa shape index (κ1) is 19.4. The number of hydrogen-bond donors (Lipinski definition) is 2. The number of aryl methyl sites for hydroxylation is 1. The molecule has 0 bridgehead atoms. The Hall–Kier alpha value is -3.58. The summed E-state index contributed by atoms with van der Waals surface area (Å²) in [5.41, 5.74) is 5.62. The van der Waals surface area contributed by atoms with Crippen molar-refractivity contribution in [2.24, 2.45) is 0 Å². The third-order valence-corrected chi connectivity index (χ3v) is 5.55. The van der Waals surface area contributed by atoms with Gasteiger partial charge >= 0.3 is 5.97 Å². The number of H-pyrrole nitrogens is 1. The van der Waals surface area contributed by atoms with Crippen LogP contribution in [0.3, 0.4) is 0 Å². The monoisotopic (exact) mass is 413 g/mol. The molecule has 0 amide bonds. The molecule has 0 saturated carbocycles. The van der Waals surface area contributed by atoms with Gasteiger partial charge in [0.2, 0.25) is 0 Å². The second-order valence-electron chi connectivity index (χ2n) is 7.81. The lowest BCUT2D eigenvalue weighted by Crippen LogP contribution is -2.28. The van der Waals surface area contributed by atoms with Gasteiger partial charge in [0.25, 0.3) is 0 Å². The number of carbonyl (C=O) groups excluding carboxylic acids is 1. The minimum atomic E-state index is -0.349. The number of imidazole rings is 1. The normalized spacial score (nSPS) is 16.0. The van der Waals surface area contributed by atoms with E-state index in [0.29, 0.717) is 12.2 Å². The van der Waals surface area contributed by atoms with Crippen molar-refractivity contribution in [2.45, 2.75) is 25.8 Å². The van der Waals surface area contributed by atoms with Gasteiger partial charge in [-0.2, -0.15) is 0 Å². The van der Waals surface area contributed by atoms with Crippen LogP contribution in [0.15, 0.2) is 55.0 Å². The lowest BCUT2D eigenvalue weighted by molar-refractivity contribution is 0.0473. The summed E-state index contributed by atoms with van der Waals surface area (Å²) in [5.74, 6) is -0.349. The lowest BCUT2D eigenvalue weighted by atomic mass is 10.0. The van der Waals surface area contributed by atoms with Gasteiger partial charge in [-0.05, 0) is 56.6 Å². The van der Waals surface area contributed by atoms with Crippen molar-refractivity contribution >= 4 is 16.9 Å². The number of esters is 1. The summed E-state index contributed by atoms with van der Waals surface area (Å²) >= 11 is 0. The molecule has 5 rings (SSSR count). The molecule has 1 aromatic carbocycles.